The third kappa shape index (κ3) is 1.04. The maximum Gasteiger partial charge on any atom is 0.0181 e. The van der Waals surface area contributed by atoms with Gasteiger partial charge in [0.05, 0.1) is 0 Å². The Kier molecular flexibility index (Phi) is 1.68. The molecule has 0 aliphatic heterocycles. The molecule has 2 aromatic rings. The summed E-state index contributed by atoms with van der Waals surface area (Å²) in [6.45, 7) is 2.42. The Morgan fingerprint density at radius 1 is 0.882 bits per heavy atom. The molecule has 3 aliphatic rings. The molecular weight excluding hydrogens is 204 g/mol. The maximum atomic E-state index is 2.42. The van der Waals surface area contributed by atoms with E-state index in [1.54, 1.807) is 22.3 Å². The fourth-order valence-corrected chi connectivity index (χ4v) is 3.93. The van der Waals surface area contributed by atoms with Crippen LogP contribution < -0.4 is 0 Å². The van der Waals surface area contributed by atoms with Gasteiger partial charge in [0, 0.05) is 11.3 Å². The quantitative estimate of drug-likeness (QED) is 0.623. The normalized spacial score (nSPS) is 28.6. The van der Waals surface area contributed by atoms with Crippen LogP contribution in [0.2, 0.25) is 0 Å². The zero-order valence-electron chi connectivity index (χ0n) is 10.1. The van der Waals surface area contributed by atoms with Gasteiger partial charge in [0.15, 0.2) is 0 Å². The van der Waals surface area contributed by atoms with Gasteiger partial charge in [-0.15, -0.1) is 0 Å². The van der Waals surface area contributed by atoms with Crippen molar-refractivity contribution in [2.75, 3.05) is 0 Å². The van der Waals surface area contributed by atoms with Crippen LogP contribution in [0.4, 0.5) is 0 Å². The summed E-state index contributed by atoms with van der Waals surface area (Å²) in [5, 5.41) is 0. The molecule has 2 bridgehead atoms. The highest BCUT2D eigenvalue weighted by atomic mass is 14.5. The first-order valence-electron chi connectivity index (χ1n) is 6.49. The minimum atomic E-state index is 0.252. The maximum absolute atomic E-state index is 2.42. The lowest BCUT2D eigenvalue weighted by Gasteiger charge is -2.47. The van der Waals surface area contributed by atoms with Gasteiger partial charge in [-0.25, -0.2) is 0 Å². The van der Waals surface area contributed by atoms with Crippen molar-refractivity contribution in [3.8, 4) is 0 Å². The fraction of sp³-hybridized carbons (Fsp3) is 0.294. The summed E-state index contributed by atoms with van der Waals surface area (Å²) in [6, 6.07) is 18.1. The smallest absolute Gasteiger partial charge is 0.0181 e. The summed E-state index contributed by atoms with van der Waals surface area (Å²) >= 11 is 0. The molecule has 0 N–H and O–H groups in total. The average molecular weight is 220 g/mol. The van der Waals surface area contributed by atoms with Gasteiger partial charge in [-0.1, -0.05) is 55.5 Å². The topological polar surface area (TPSA) is 0 Å². The highest BCUT2D eigenvalue weighted by Gasteiger charge is 2.44. The van der Waals surface area contributed by atoms with Gasteiger partial charge in [0.25, 0.3) is 0 Å². The highest BCUT2D eigenvalue weighted by molar-refractivity contribution is 5.58. The Morgan fingerprint density at radius 3 is 2.00 bits per heavy atom. The second-order valence-electron chi connectivity index (χ2n) is 5.60. The van der Waals surface area contributed by atoms with E-state index in [0.29, 0.717) is 5.92 Å². The van der Waals surface area contributed by atoms with Crippen molar-refractivity contribution in [1.82, 2.24) is 0 Å². The van der Waals surface area contributed by atoms with Gasteiger partial charge >= 0.3 is 0 Å². The van der Waals surface area contributed by atoms with Crippen molar-refractivity contribution in [1.29, 1.82) is 0 Å². The summed E-state index contributed by atoms with van der Waals surface area (Å²) < 4.78 is 0. The lowest BCUT2D eigenvalue weighted by atomic mass is 9.56. The summed E-state index contributed by atoms with van der Waals surface area (Å²) in [4.78, 5) is 0. The van der Waals surface area contributed by atoms with Crippen LogP contribution >= 0.6 is 0 Å². The first kappa shape index (κ1) is 9.47. The molecule has 0 aromatic heterocycles. The lowest BCUT2D eigenvalue weighted by Crippen LogP contribution is -2.37. The molecule has 0 heteroatoms. The molecule has 3 aliphatic carbocycles. The number of fused-ring (bicyclic) bond motifs is 1. The number of benzene rings is 2. The van der Waals surface area contributed by atoms with Crippen molar-refractivity contribution < 1.29 is 0 Å². The van der Waals surface area contributed by atoms with E-state index in [2.05, 4.69) is 55.5 Å². The molecule has 0 unspecified atom stereocenters. The molecule has 0 nitrogen and oxygen atoms in total. The zero-order chi connectivity index (χ0) is 11.5. The summed E-state index contributed by atoms with van der Waals surface area (Å²) in [5.41, 5.74) is 6.52. The Bertz CT molecular complexity index is 547. The van der Waals surface area contributed by atoms with Gasteiger partial charge in [0.1, 0.15) is 0 Å². The molecule has 17 heavy (non-hydrogen) atoms. The van der Waals surface area contributed by atoms with Crippen molar-refractivity contribution >= 4 is 0 Å². The lowest BCUT2D eigenvalue weighted by molar-refractivity contribution is 0.402. The van der Waals surface area contributed by atoms with Crippen LogP contribution in [0.15, 0.2) is 48.5 Å². The second kappa shape index (κ2) is 3.01. The largest absolute Gasteiger partial charge is 0.0620 e. The third-order valence-electron chi connectivity index (χ3n) is 4.79. The Hall–Kier alpha value is -1.56. The van der Waals surface area contributed by atoms with Crippen LogP contribution in [-0.4, -0.2) is 0 Å². The molecule has 0 atom stereocenters. The van der Waals surface area contributed by atoms with Crippen LogP contribution in [0.5, 0.6) is 0 Å². The second-order valence-corrected chi connectivity index (χ2v) is 5.60. The van der Waals surface area contributed by atoms with Crippen molar-refractivity contribution in [2.24, 2.45) is 0 Å². The minimum Gasteiger partial charge on any atom is -0.0620 e. The van der Waals surface area contributed by atoms with E-state index in [9.17, 15) is 0 Å². The summed E-state index contributed by atoms with van der Waals surface area (Å²) in [7, 11) is 0. The molecule has 0 spiro atoms. The van der Waals surface area contributed by atoms with Crippen molar-refractivity contribution in [3.63, 3.8) is 0 Å². The van der Waals surface area contributed by atoms with Crippen LogP contribution in [-0.2, 0) is 5.41 Å². The molecule has 0 amide bonds. The van der Waals surface area contributed by atoms with Crippen LogP contribution in [0.25, 0.3) is 0 Å². The first-order chi connectivity index (χ1) is 8.31. The molecule has 5 rings (SSSR count). The summed E-state index contributed by atoms with van der Waals surface area (Å²) in [5.74, 6) is 0.643. The van der Waals surface area contributed by atoms with E-state index < -0.39 is 0 Å². The van der Waals surface area contributed by atoms with E-state index in [1.807, 2.05) is 0 Å². The van der Waals surface area contributed by atoms with E-state index in [4.69, 9.17) is 0 Å². The monoisotopic (exact) mass is 220 g/mol. The van der Waals surface area contributed by atoms with Gasteiger partial charge in [0.2, 0.25) is 0 Å². The molecule has 84 valence electrons. The average Bonchev–Trinajstić information content (AvgIpc) is 2.40. The van der Waals surface area contributed by atoms with Gasteiger partial charge in [-0.2, -0.15) is 0 Å². The molecule has 2 aromatic carbocycles. The van der Waals surface area contributed by atoms with Gasteiger partial charge in [-0.05, 0) is 35.1 Å². The molecule has 0 fully saturated rings. The van der Waals surface area contributed by atoms with Gasteiger partial charge < -0.3 is 0 Å². The van der Waals surface area contributed by atoms with Crippen LogP contribution in [0.3, 0.4) is 0 Å². The Balaban J connectivity index is 2.10. The predicted molar refractivity (Wildman–Crippen MR) is 70.4 cm³/mol. The Morgan fingerprint density at radius 2 is 1.41 bits per heavy atom. The van der Waals surface area contributed by atoms with Gasteiger partial charge in [-0.3, -0.25) is 0 Å². The SMILES string of the molecule is CC12CCC(c3ccccc31)c1ccccc12. The molecular formula is C17H16. The molecule has 0 radical (unpaired) electrons. The number of rotatable bonds is 0. The standard InChI is InChI=1S/C17H16/c1-17-11-10-12(13-6-2-4-8-15(13)17)14-7-3-5-9-16(14)17/h2-9,12H,10-11H2,1H3. The predicted octanol–water partition coefficient (Wildman–Crippen LogP) is 4.23. The first-order valence-corrected chi connectivity index (χ1v) is 6.49. The van der Waals surface area contributed by atoms with E-state index in [0.717, 1.165) is 0 Å². The number of hydrogen-bond donors (Lipinski definition) is 0. The van der Waals surface area contributed by atoms with E-state index >= 15 is 0 Å². The third-order valence-corrected chi connectivity index (χ3v) is 4.79. The molecule has 0 heterocycles. The van der Waals surface area contributed by atoms with Crippen LogP contribution in [0.1, 0.15) is 47.9 Å². The van der Waals surface area contributed by atoms with Crippen molar-refractivity contribution in [3.05, 3.63) is 70.8 Å². The van der Waals surface area contributed by atoms with Crippen LogP contribution in [0, 0.1) is 0 Å². The number of hydrogen-bond acceptors (Lipinski definition) is 0. The van der Waals surface area contributed by atoms with E-state index in [1.165, 1.54) is 12.8 Å². The van der Waals surface area contributed by atoms with Crippen molar-refractivity contribution in [2.45, 2.75) is 31.1 Å². The van der Waals surface area contributed by atoms with E-state index in [-0.39, 0.29) is 5.41 Å². The highest BCUT2D eigenvalue weighted by Crippen LogP contribution is 2.55. The molecule has 0 saturated carbocycles. The zero-order valence-corrected chi connectivity index (χ0v) is 10.1. The molecule has 0 saturated heterocycles. The Labute approximate surface area is 102 Å². The summed E-state index contributed by atoms with van der Waals surface area (Å²) in [6.07, 6.45) is 2.61. The minimum absolute atomic E-state index is 0.252. The fourth-order valence-electron chi connectivity index (χ4n) is 3.93.